The standard InChI is InChI=1S/C14H22N2O3S/c1-10(15)12-4-3-5-14(8-12)20(18,19)16-7-6-13(9-16)11(2)17/h3-5,8,10-11,13,17H,6-7,9,15H2,1-2H3. The predicted molar refractivity (Wildman–Crippen MR) is 77.6 cm³/mol. The Labute approximate surface area is 120 Å². The fourth-order valence-corrected chi connectivity index (χ4v) is 4.04. The molecule has 0 amide bonds. The molecule has 1 aliphatic rings. The van der Waals surface area contributed by atoms with Crippen molar-refractivity contribution >= 4 is 10.0 Å². The number of hydrogen-bond acceptors (Lipinski definition) is 4. The molecule has 1 fully saturated rings. The van der Waals surface area contributed by atoms with Gasteiger partial charge in [-0.05, 0) is 43.9 Å². The van der Waals surface area contributed by atoms with Crippen LogP contribution in [0.3, 0.4) is 0 Å². The van der Waals surface area contributed by atoms with Crippen LogP contribution in [0.1, 0.15) is 31.9 Å². The molecular weight excluding hydrogens is 276 g/mol. The van der Waals surface area contributed by atoms with Gasteiger partial charge in [0.05, 0.1) is 11.0 Å². The van der Waals surface area contributed by atoms with E-state index in [-0.39, 0.29) is 16.9 Å². The normalized spacial score (nSPS) is 23.7. The molecule has 0 aromatic heterocycles. The van der Waals surface area contributed by atoms with E-state index in [4.69, 9.17) is 5.73 Å². The third-order valence-electron chi connectivity index (χ3n) is 3.89. The van der Waals surface area contributed by atoms with Crippen LogP contribution in [-0.4, -0.2) is 37.0 Å². The summed E-state index contributed by atoms with van der Waals surface area (Å²) >= 11 is 0. The quantitative estimate of drug-likeness (QED) is 0.872. The molecule has 1 aliphatic heterocycles. The Morgan fingerprint density at radius 3 is 2.65 bits per heavy atom. The van der Waals surface area contributed by atoms with Gasteiger partial charge in [0.15, 0.2) is 0 Å². The molecule has 0 spiro atoms. The number of nitrogens with two attached hydrogens (primary N) is 1. The molecule has 0 saturated carbocycles. The van der Waals surface area contributed by atoms with Crippen molar-refractivity contribution in [3.8, 4) is 0 Å². The van der Waals surface area contributed by atoms with Gasteiger partial charge in [-0.3, -0.25) is 0 Å². The highest BCUT2D eigenvalue weighted by Gasteiger charge is 2.34. The zero-order valence-corrected chi connectivity index (χ0v) is 12.7. The van der Waals surface area contributed by atoms with Gasteiger partial charge >= 0.3 is 0 Å². The van der Waals surface area contributed by atoms with E-state index in [1.54, 1.807) is 25.1 Å². The predicted octanol–water partition coefficient (Wildman–Crippen LogP) is 1.10. The van der Waals surface area contributed by atoms with Crippen molar-refractivity contribution in [2.24, 2.45) is 11.7 Å². The largest absolute Gasteiger partial charge is 0.393 e. The summed E-state index contributed by atoms with van der Waals surface area (Å²) in [6.07, 6.45) is 0.217. The van der Waals surface area contributed by atoms with Gasteiger partial charge in [0.1, 0.15) is 0 Å². The SMILES string of the molecule is CC(N)c1cccc(S(=O)(=O)N2CCC(C(C)O)C2)c1. The van der Waals surface area contributed by atoms with E-state index in [9.17, 15) is 13.5 Å². The van der Waals surface area contributed by atoms with E-state index in [2.05, 4.69) is 0 Å². The van der Waals surface area contributed by atoms with Gasteiger partial charge in [0.25, 0.3) is 0 Å². The van der Waals surface area contributed by atoms with Crippen molar-refractivity contribution in [2.75, 3.05) is 13.1 Å². The number of benzene rings is 1. The molecule has 1 saturated heterocycles. The van der Waals surface area contributed by atoms with Crippen molar-refractivity contribution in [1.82, 2.24) is 4.31 Å². The van der Waals surface area contributed by atoms with Crippen LogP contribution in [0.15, 0.2) is 29.2 Å². The van der Waals surface area contributed by atoms with Gasteiger partial charge in [-0.2, -0.15) is 4.31 Å². The molecule has 1 heterocycles. The smallest absolute Gasteiger partial charge is 0.243 e. The molecule has 3 unspecified atom stereocenters. The van der Waals surface area contributed by atoms with Crippen LogP contribution in [0.2, 0.25) is 0 Å². The van der Waals surface area contributed by atoms with E-state index in [1.165, 1.54) is 4.31 Å². The van der Waals surface area contributed by atoms with Gasteiger partial charge in [0.2, 0.25) is 10.0 Å². The monoisotopic (exact) mass is 298 g/mol. The van der Waals surface area contributed by atoms with Crippen LogP contribution in [0.4, 0.5) is 0 Å². The van der Waals surface area contributed by atoms with E-state index >= 15 is 0 Å². The molecule has 6 heteroatoms. The van der Waals surface area contributed by atoms with Crippen LogP contribution < -0.4 is 5.73 Å². The zero-order chi connectivity index (χ0) is 14.9. The Hall–Kier alpha value is -0.950. The summed E-state index contributed by atoms with van der Waals surface area (Å²) in [7, 11) is -3.49. The summed E-state index contributed by atoms with van der Waals surface area (Å²) in [5.41, 5.74) is 6.60. The Morgan fingerprint density at radius 2 is 2.10 bits per heavy atom. The summed E-state index contributed by atoms with van der Waals surface area (Å²) in [6, 6.07) is 6.57. The van der Waals surface area contributed by atoms with E-state index in [0.29, 0.717) is 19.5 Å². The van der Waals surface area contributed by atoms with Crippen LogP contribution in [0, 0.1) is 5.92 Å². The Kier molecular flexibility index (Phi) is 4.49. The molecule has 5 nitrogen and oxygen atoms in total. The van der Waals surface area contributed by atoms with Crippen LogP contribution in [-0.2, 0) is 10.0 Å². The number of aliphatic hydroxyl groups is 1. The third-order valence-corrected chi connectivity index (χ3v) is 5.75. The zero-order valence-electron chi connectivity index (χ0n) is 11.9. The van der Waals surface area contributed by atoms with Gasteiger partial charge in [-0.15, -0.1) is 0 Å². The Bertz CT molecular complexity index is 570. The van der Waals surface area contributed by atoms with Crippen molar-refractivity contribution < 1.29 is 13.5 Å². The Balaban J connectivity index is 2.25. The lowest BCUT2D eigenvalue weighted by Crippen LogP contribution is -2.30. The lowest BCUT2D eigenvalue weighted by Gasteiger charge is -2.18. The fraction of sp³-hybridized carbons (Fsp3) is 0.571. The van der Waals surface area contributed by atoms with Crippen LogP contribution >= 0.6 is 0 Å². The first-order valence-corrected chi connectivity index (χ1v) is 8.30. The third kappa shape index (κ3) is 3.03. The van der Waals surface area contributed by atoms with Crippen molar-refractivity contribution in [1.29, 1.82) is 0 Å². The van der Waals surface area contributed by atoms with Gasteiger partial charge in [0, 0.05) is 19.1 Å². The number of rotatable bonds is 4. The highest BCUT2D eigenvalue weighted by Crippen LogP contribution is 2.27. The fourth-order valence-electron chi connectivity index (χ4n) is 2.47. The first-order chi connectivity index (χ1) is 9.32. The molecular formula is C14H22N2O3S. The summed E-state index contributed by atoms with van der Waals surface area (Å²) in [6.45, 7) is 4.37. The van der Waals surface area contributed by atoms with Gasteiger partial charge in [-0.25, -0.2) is 8.42 Å². The molecule has 112 valence electrons. The second-order valence-electron chi connectivity index (χ2n) is 5.51. The molecule has 0 radical (unpaired) electrons. The van der Waals surface area contributed by atoms with Crippen LogP contribution in [0.25, 0.3) is 0 Å². The summed E-state index contributed by atoms with van der Waals surface area (Å²) in [5.74, 6) is 0.0152. The minimum absolute atomic E-state index is 0.0152. The van der Waals surface area contributed by atoms with E-state index < -0.39 is 16.1 Å². The van der Waals surface area contributed by atoms with Crippen molar-refractivity contribution in [2.45, 2.75) is 37.3 Å². The molecule has 0 bridgehead atoms. The van der Waals surface area contributed by atoms with E-state index in [0.717, 1.165) is 5.56 Å². The van der Waals surface area contributed by atoms with Gasteiger partial charge in [-0.1, -0.05) is 12.1 Å². The molecule has 1 aromatic carbocycles. The molecule has 2 rings (SSSR count). The molecule has 3 atom stereocenters. The molecule has 1 aromatic rings. The van der Waals surface area contributed by atoms with Crippen molar-refractivity contribution in [3.05, 3.63) is 29.8 Å². The first-order valence-electron chi connectivity index (χ1n) is 6.86. The summed E-state index contributed by atoms with van der Waals surface area (Å²) in [4.78, 5) is 0.276. The Morgan fingerprint density at radius 1 is 1.40 bits per heavy atom. The maximum absolute atomic E-state index is 12.6. The lowest BCUT2D eigenvalue weighted by molar-refractivity contribution is 0.133. The highest BCUT2D eigenvalue weighted by molar-refractivity contribution is 7.89. The number of aliphatic hydroxyl groups excluding tert-OH is 1. The van der Waals surface area contributed by atoms with E-state index in [1.807, 2.05) is 13.0 Å². The molecule has 0 aliphatic carbocycles. The summed E-state index contributed by atoms with van der Waals surface area (Å²) < 4.78 is 26.6. The number of hydrogen-bond donors (Lipinski definition) is 2. The number of nitrogens with zero attached hydrogens (tertiary/aromatic N) is 1. The topological polar surface area (TPSA) is 83.6 Å². The average Bonchev–Trinajstić information content (AvgIpc) is 2.89. The minimum Gasteiger partial charge on any atom is -0.393 e. The second kappa shape index (κ2) is 5.81. The number of sulfonamides is 1. The van der Waals surface area contributed by atoms with Crippen molar-refractivity contribution in [3.63, 3.8) is 0 Å². The molecule has 20 heavy (non-hydrogen) atoms. The molecule has 3 N–H and O–H groups in total. The lowest BCUT2D eigenvalue weighted by atomic mass is 10.0. The maximum Gasteiger partial charge on any atom is 0.243 e. The maximum atomic E-state index is 12.6. The minimum atomic E-state index is -3.49. The highest BCUT2D eigenvalue weighted by atomic mass is 32.2. The second-order valence-corrected chi connectivity index (χ2v) is 7.45. The first kappa shape index (κ1) is 15.4. The summed E-state index contributed by atoms with van der Waals surface area (Å²) in [5, 5.41) is 9.59. The van der Waals surface area contributed by atoms with Crippen LogP contribution in [0.5, 0.6) is 0 Å². The average molecular weight is 298 g/mol. The van der Waals surface area contributed by atoms with Gasteiger partial charge < -0.3 is 10.8 Å².